The van der Waals surface area contributed by atoms with Crippen LogP contribution in [0.5, 0.6) is 5.75 Å². The van der Waals surface area contributed by atoms with Crippen LogP contribution in [0.15, 0.2) is 18.2 Å². The molecule has 102 valence electrons. The highest BCUT2D eigenvalue weighted by molar-refractivity contribution is 5.29. The number of halogens is 1. The van der Waals surface area contributed by atoms with E-state index in [0.717, 1.165) is 12.5 Å². The summed E-state index contributed by atoms with van der Waals surface area (Å²) in [5.74, 6) is -0.522. The van der Waals surface area contributed by atoms with Gasteiger partial charge in [-0.05, 0) is 26.3 Å². The molecule has 0 aliphatic heterocycles. The molecule has 0 spiro atoms. The van der Waals surface area contributed by atoms with E-state index in [4.69, 9.17) is 5.11 Å². The lowest BCUT2D eigenvalue weighted by Gasteiger charge is -2.26. The number of phenols is 1. The third kappa shape index (κ3) is 4.27. The summed E-state index contributed by atoms with van der Waals surface area (Å²) < 4.78 is 13.6. The van der Waals surface area contributed by atoms with E-state index >= 15 is 0 Å². The Morgan fingerprint density at radius 3 is 2.67 bits per heavy atom. The molecule has 2 unspecified atom stereocenters. The molecule has 2 atom stereocenters. The summed E-state index contributed by atoms with van der Waals surface area (Å²) in [5, 5.41) is 22.3. The van der Waals surface area contributed by atoms with Gasteiger partial charge < -0.3 is 15.5 Å². The topological polar surface area (TPSA) is 52.5 Å². The first-order valence-electron chi connectivity index (χ1n) is 6.30. The van der Waals surface area contributed by atoms with Crippen molar-refractivity contribution in [2.45, 2.75) is 45.3 Å². The average molecular weight is 255 g/mol. The van der Waals surface area contributed by atoms with Gasteiger partial charge in [-0.2, -0.15) is 0 Å². The molecule has 1 aromatic rings. The van der Waals surface area contributed by atoms with E-state index in [9.17, 15) is 9.50 Å². The Morgan fingerprint density at radius 1 is 1.44 bits per heavy atom. The van der Waals surface area contributed by atoms with Crippen molar-refractivity contribution in [3.8, 4) is 5.75 Å². The van der Waals surface area contributed by atoms with Gasteiger partial charge in [-0.25, -0.2) is 4.39 Å². The first-order valence-corrected chi connectivity index (χ1v) is 6.30. The summed E-state index contributed by atoms with van der Waals surface area (Å²) in [5.41, 5.74) is -0.295. The van der Waals surface area contributed by atoms with E-state index < -0.39 is 11.4 Å². The summed E-state index contributed by atoms with van der Waals surface area (Å²) in [6, 6.07) is 3.89. The Morgan fingerprint density at radius 2 is 2.11 bits per heavy atom. The standard InChI is InChI=1S/C14H22FNO2/c1-4-7-14(3,18)9-16-10(2)12-6-5-11(17)8-13(12)15/h5-6,8,10,16-18H,4,7,9H2,1-3H3. The van der Waals surface area contributed by atoms with Gasteiger partial charge in [0.15, 0.2) is 0 Å². The molecule has 0 radical (unpaired) electrons. The number of aromatic hydroxyl groups is 1. The number of hydrogen-bond donors (Lipinski definition) is 3. The smallest absolute Gasteiger partial charge is 0.131 e. The van der Waals surface area contributed by atoms with Gasteiger partial charge in [-0.3, -0.25) is 0 Å². The van der Waals surface area contributed by atoms with E-state index in [1.807, 2.05) is 13.8 Å². The zero-order chi connectivity index (χ0) is 13.8. The molecule has 0 heterocycles. The molecule has 0 saturated heterocycles. The Balaban J connectivity index is 2.63. The summed E-state index contributed by atoms with van der Waals surface area (Å²) in [7, 11) is 0. The van der Waals surface area contributed by atoms with Crippen LogP contribution in [0.2, 0.25) is 0 Å². The van der Waals surface area contributed by atoms with Crippen molar-refractivity contribution in [1.82, 2.24) is 5.32 Å². The van der Waals surface area contributed by atoms with Crippen LogP contribution in [-0.4, -0.2) is 22.4 Å². The SMILES string of the molecule is CCCC(C)(O)CNC(C)c1ccc(O)cc1F. The molecular weight excluding hydrogens is 233 g/mol. The third-order valence-corrected chi connectivity index (χ3v) is 3.03. The maximum Gasteiger partial charge on any atom is 0.131 e. The van der Waals surface area contributed by atoms with Gasteiger partial charge in [0.05, 0.1) is 5.60 Å². The van der Waals surface area contributed by atoms with Gasteiger partial charge in [0.1, 0.15) is 11.6 Å². The summed E-state index contributed by atoms with van der Waals surface area (Å²) >= 11 is 0. The Bertz CT molecular complexity index is 393. The first kappa shape index (κ1) is 14.9. The highest BCUT2D eigenvalue weighted by atomic mass is 19.1. The molecule has 1 aromatic carbocycles. The minimum atomic E-state index is -0.781. The summed E-state index contributed by atoms with van der Waals surface area (Å²) in [6.45, 7) is 6.01. The largest absolute Gasteiger partial charge is 0.508 e. The lowest BCUT2D eigenvalue weighted by Crippen LogP contribution is -2.38. The van der Waals surface area contributed by atoms with Crippen molar-refractivity contribution in [2.75, 3.05) is 6.54 Å². The highest BCUT2D eigenvalue weighted by Crippen LogP contribution is 2.21. The molecule has 4 heteroatoms. The number of aliphatic hydroxyl groups is 1. The van der Waals surface area contributed by atoms with Crippen LogP contribution in [0.25, 0.3) is 0 Å². The van der Waals surface area contributed by atoms with E-state index in [1.54, 1.807) is 13.0 Å². The molecule has 1 rings (SSSR count). The molecule has 0 aromatic heterocycles. The second-order valence-corrected chi connectivity index (χ2v) is 5.06. The molecule has 0 fully saturated rings. The maximum atomic E-state index is 13.6. The molecule has 3 nitrogen and oxygen atoms in total. The number of benzene rings is 1. The average Bonchev–Trinajstić information content (AvgIpc) is 2.26. The lowest BCUT2D eigenvalue weighted by atomic mass is 9.99. The predicted molar refractivity (Wildman–Crippen MR) is 70.0 cm³/mol. The van der Waals surface area contributed by atoms with Gasteiger partial charge in [0.2, 0.25) is 0 Å². The van der Waals surface area contributed by atoms with Crippen LogP contribution in [0, 0.1) is 5.82 Å². The lowest BCUT2D eigenvalue weighted by molar-refractivity contribution is 0.0475. The zero-order valence-corrected chi connectivity index (χ0v) is 11.2. The normalized spacial score (nSPS) is 16.3. The van der Waals surface area contributed by atoms with E-state index in [1.165, 1.54) is 6.07 Å². The second-order valence-electron chi connectivity index (χ2n) is 5.06. The molecule has 3 N–H and O–H groups in total. The molecule has 18 heavy (non-hydrogen) atoms. The highest BCUT2D eigenvalue weighted by Gasteiger charge is 2.20. The molecular formula is C14H22FNO2. The van der Waals surface area contributed by atoms with Crippen LogP contribution in [0.3, 0.4) is 0 Å². The quantitative estimate of drug-likeness (QED) is 0.732. The van der Waals surface area contributed by atoms with Gasteiger partial charge in [-0.1, -0.05) is 19.4 Å². The number of nitrogens with one attached hydrogen (secondary N) is 1. The van der Waals surface area contributed by atoms with Gasteiger partial charge >= 0.3 is 0 Å². The van der Waals surface area contributed by atoms with Crippen molar-refractivity contribution >= 4 is 0 Å². The van der Waals surface area contributed by atoms with Crippen molar-refractivity contribution in [1.29, 1.82) is 0 Å². The number of phenolic OH excluding ortho intramolecular Hbond substituents is 1. The van der Waals surface area contributed by atoms with Crippen molar-refractivity contribution in [2.24, 2.45) is 0 Å². The molecule has 0 aliphatic carbocycles. The van der Waals surface area contributed by atoms with Crippen LogP contribution in [0.4, 0.5) is 4.39 Å². The van der Waals surface area contributed by atoms with Crippen LogP contribution in [-0.2, 0) is 0 Å². The predicted octanol–water partition coefficient (Wildman–Crippen LogP) is 2.73. The number of rotatable bonds is 6. The third-order valence-electron chi connectivity index (χ3n) is 3.03. The fourth-order valence-electron chi connectivity index (χ4n) is 1.98. The minimum absolute atomic E-state index is 0.0820. The van der Waals surface area contributed by atoms with Crippen molar-refractivity contribution in [3.63, 3.8) is 0 Å². The Hall–Kier alpha value is -1.13. The zero-order valence-electron chi connectivity index (χ0n) is 11.2. The molecule has 0 amide bonds. The van der Waals surface area contributed by atoms with Crippen molar-refractivity contribution < 1.29 is 14.6 Å². The summed E-state index contributed by atoms with van der Waals surface area (Å²) in [4.78, 5) is 0. The molecule has 0 bridgehead atoms. The van der Waals surface area contributed by atoms with Crippen LogP contribution < -0.4 is 5.32 Å². The first-order chi connectivity index (χ1) is 8.35. The van der Waals surface area contributed by atoms with Gasteiger partial charge in [0.25, 0.3) is 0 Å². The van der Waals surface area contributed by atoms with Crippen LogP contribution in [0.1, 0.15) is 45.2 Å². The van der Waals surface area contributed by atoms with Crippen molar-refractivity contribution in [3.05, 3.63) is 29.6 Å². The molecule has 0 aliphatic rings. The van der Waals surface area contributed by atoms with Crippen LogP contribution >= 0.6 is 0 Å². The van der Waals surface area contributed by atoms with E-state index in [2.05, 4.69) is 5.32 Å². The maximum absolute atomic E-state index is 13.6. The number of hydrogen-bond acceptors (Lipinski definition) is 3. The van der Waals surface area contributed by atoms with E-state index in [-0.39, 0.29) is 11.8 Å². The van der Waals surface area contributed by atoms with Gasteiger partial charge in [-0.15, -0.1) is 0 Å². The molecule has 0 saturated carbocycles. The fourth-order valence-corrected chi connectivity index (χ4v) is 1.98. The second kappa shape index (κ2) is 6.16. The Labute approximate surface area is 108 Å². The Kier molecular flexibility index (Phi) is 5.11. The summed E-state index contributed by atoms with van der Waals surface area (Å²) in [6.07, 6.45) is 1.60. The van der Waals surface area contributed by atoms with Gasteiger partial charge in [0, 0.05) is 24.2 Å². The van der Waals surface area contributed by atoms with E-state index in [0.29, 0.717) is 18.5 Å². The minimum Gasteiger partial charge on any atom is -0.508 e. The fraction of sp³-hybridized carbons (Fsp3) is 0.571. The monoisotopic (exact) mass is 255 g/mol.